The molecule has 0 unspecified atom stereocenters. The Hall–Kier alpha value is -2.78. The van der Waals surface area contributed by atoms with Crippen LogP contribution in [-0.4, -0.2) is 28.5 Å². The molecule has 10 heteroatoms. The molecule has 0 aromatic heterocycles. The van der Waals surface area contributed by atoms with E-state index in [0.717, 1.165) is 23.1 Å². The molecule has 2 aromatic carbocycles. The molecule has 0 radical (unpaired) electrons. The third-order valence-electron chi connectivity index (χ3n) is 3.82. The summed E-state index contributed by atoms with van der Waals surface area (Å²) in [6.07, 6.45) is -3.06. The molecule has 1 aliphatic heterocycles. The zero-order valence-corrected chi connectivity index (χ0v) is 16.1. The summed E-state index contributed by atoms with van der Waals surface area (Å²) >= 11 is 6.47. The average molecular weight is 441 g/mol. The van der Waals surface area contributed by atoms with Crippen LogP contribution in [0.1, 0.15) is 11.1 Å². The number of carbonyl (C=O) groups is 3. The molecule has 1 saturated heterocycles. The number of imide groups is 1. The highest BCUT2D eigenvalue weighted by Gasteiger charge is 2.36. The predicted octanol–water partition coefficient (Wildman–Crippen LogP) is 5.03. The Bertz CT molecular complexity index is 1010. The molecule has 0 spiro atoms. The maximum Gasteiger partial charge on any atom is 0.416 e. The first-order chi connectivity index (χ1) is 13.6. The van der Waals surface area contributed by atoms with Crippen molar-refractivity contribution >= 4 is 52.2 Å². The van der Waals surface area contributed by atoms with Gasteiger partial charge in [0, 0.05) is 10.7 Å². The number of alkyl halides is 3. The molecule has 2 aromatic rings. The Morgan fingerprint density at radius 3 is 2.48 bits per heavy atom. The number of anilines is 1. The van der Waals surface area contributed by atoms with Crippen LogP contribution in [0, 0.1) is 0 Å². The van der Waals surface area contributed by atoms with Crippen LogP contribution in [0.25, 0.3) is 6.08 Å². The van der Waals surface area contributed by atoms with E-state index in [-0.39, 0.29) is 10.6 Å². The molecule has 5 nitrogen and oxygen atoms in total. The highest BCUT2D eigenvalue weighted by atomic mass is 35.5. The third kappa shape index (κ3) is 5.18. The molecule has 3 rings (SSSR count). The second-order valence-electron chi connectivity index (χ2n) is 5.95. The Morgan fingerprint density at radius 2 is 1.83 bits per heavy atom. The first kappa shape index (κ1) is 20.9. The molecule has 29 heavy (non-hydrogen) atoms. The molecule has 1 N–H and O–H groups in total. The van der Waals surface area contributed by atoms with Crippen LogP contribution in [0.15, 0.2) is 53.4 Å². The number of nitrogens with one attached hydrogen (secondary N) is 1. The molecule has 1 aliphatic rings. The van der Waals surface area contributed by atoms with Crippen LogP contribution in [0.4, 0.5) is 23.7 Å². The van der Waals surface area contributed by atoms with E-state index in [1.165, 1.54) is 12.1 Å². The lowest BCUT2D eigenvalue weighted by atomic mass is 10.2. The van der Waals surface area contributed by atoms with Gasteiger partial charge in [-0.1, -0.05) is 29.8 Å². The molecule has 150 valence electrons. The third-order valence-corrected chi connectivity index (χ3v) is 4.98. The van der Waals surface area contributed by atoms with Crippen LogP contribution in [0.5, 0.6) is 0 Å². The fraction of sp³-hybridized carbons (Fsp3) is 0.105. The van der Waals surface area contributed by atoms with Crippen molar-refractivity contribution < 1.29 is 27.6 Å². The zero-order chi connectivity index (χ0) is 21.2. The first-order valence-electron chi connectivity index (χ1n) is 8.11. The van der Waals surface area contributed by atoms with Crippen LogP contribution in [0.2, 0.25) is 5.02 Å². The van der Waals surface area contributed by atoms with Gasteiger partial charge in [0.25, 0.3) is 11.1 Å². The first-order valence-corrected chi connectivity index (χ1v) is 9.31. The average Bonchev–Trinajstić information content (AvgIpc) is 2.90. The van der Waals surface area contributed by atoms with E-state index in [2.05, 4.69) is 5.32 Å². The summed E-state index contributed by atoms with van der Waals surface area (Å²) in [5, 5.41) is 2.14. The zero-order valence-electron chi connectivity index (χ0n) is 14.5. The van der Waals surface area contributed by atoms with E-state index in [0.29, 0.717) is 22.3 Å². The molecule has 0 aliphatic carbocycles. The Kier molecular flexibility index (Phi) is 5.99. The molecule has 3 amide bonds. The number of hydrogen-bond donors (Lipinski definition) is 1. The highest BCUT2D eigenvalue weighted by molar-refractivity contribution is 8.18. The van der Waals surface area contributed by atoms with Crippen molar-refractivity contribution in [1.82, 2.24) is 4.90 Å². The summed E-state index contributed by atoms with van der Waals surface area (Å²) < 4.78 is 38.3. The minimum Gasteiger partial charge on any atom is -0.325 e. The minimum absolute atomic E-state index is 0.0893. The normalized spacial score (nSPS) is 15.9. The Labute approximate surface area is 172 Å². The smallest absolute Gasteiger partial charge is 0.325 e. The molecule has 0 bridgehead atoms. The van der Waals surface area contributed by atoms with Gasteiger partial charge >= 0.3 is 6.18 Å². The van der Waals surface area contributed by atoms with E-state index in [9.17, 15) is 27.6 Å². The number of nitrogens with zero attached hydrogens (tertiary/aromatic N) is 1. The fourth-order valence-corrected chi connectivity index (χ4v) is 3.43. The van der Waals surface area contributed by atoms with Crippen LogP contribution in [-0.2, 0) is 15.8 Å². The van der Waals surface area contributed by atoms with Crippen molar-refractivity contribution in [1.29, 1.82) is 0 Å². The number of benzene rings is 2. The molecular formula is C19H12ClF3N2O3S. The standard InChI is InChI=1S/C19H12ClF3N2O3S/c20-13-6-4-11(5-7-13)8-15-17(27)25(18(28)29-15)10-16(26)24-14-3-1-2-12(9-14)19(21,22)23/h1-9H,10H2,(H,24,26)/b15-8+. The molecular weight excluding hydrogens is 429 g/mol. The summed E-state index contributed by atoms with van der Waals surface area (Å²) in [5.74, 6) is -1.45. The quantitative estimate of drug-likeness (QED) is 0.677. The predicted molar refractivity (Wildman–Crippen MR) is 104 cm³/mol. The van der Waals surface area contributed by atoms with Crippen molar-refractivity contribution in [2.75, 3.05) is 11.9 Å². The van der Waals surface area contributed by atoms with Gasteiger partial charge < -0.3 is 5.32 Å². The molecule has 1 fully saturated rings. The summed E-state index contributed by atoms with van der Waals surface area (Å²) in [7, 11) is 0. The molecule has 0 saturated carbocycles. The lowest BCUT2D eigenvalue weighted by Crippen LogP contribution is -2.36. The van der Waals surface area contributed by atoms with E-state index >= 15 is 0 Å². The van der Waals surface area contributed by atoms with Crippen LogP contribution >= 0.6 is 23.4 Å². The second-order valence-corrected chi connectivity index (χ2v) is 7.38. The van der Waals surface area contributed by atoms with Gasteiger partial charge in [0.1, 0.15) is 6.54 Å². The number of halogens is 4. The lowest BCUT2D eigenvalue weighted by molar-refractivity contribution is -0.137. The summed E-state index contributed by atoms with van der Waals surface area (Å²) in [4.78, 5) is 37.5. The van der Waals surface area contributed by atoms with Gasteiger partial charge in [0.05, 0.1) is 10.5 Å². The van der Waals surface area contributed by atoms with Gasteiger partial charge in [-0.2, -0.15) is 13.2 Å². The van der Waals surface area contributed by atoms with Gasteiger partial charge in [0.15, 0.2) is 0 Å². The van der Waals surface area contributed by atoms with Crippen molar-refractivity contribution in [3.8, 4) is 0 Å². The largest absolute Gasteiger partial charge is 0.416 e. The number of carbonyl (C=O) groups excluding carboxylic acids is 3. The Balaban J connectivity index is 1.68. The molecule has 0 atom stereocenters. The van der Waals surface area contributed by atoms with Gasteiger partial charge in [-0.25, -0.2) is 0 Å². The van der Waals surface area contributed by atoms with Gasteiger partial charge in [-0.3, -0.25) is 19.3 Å². The molecule has 1 heterocycles. The Morgan fingerprint density at radius 1 is 1.14 bits per heavy atom. The minimum atomic E-state index is -4.56. The summed E-state index contributed by atoms with van der Waals surface area (Å²) in [6.45, 7) is -0.612. The summed E-state index contributed by atoms with van der Waals surface area (Å²) in [6, 6.07) is 10.6. The van der Waals surface area contributed by atoms with Gasteiger partial charge in [-0.05, 0) is 53.7 Å². The number of hydrogen-bond acceptors (Lipinski definition) is 4. The number of amides is 3. The van der Waals surface area contributed by atoms with Gasteiger partial charge in [0.2, 0.25) is 5.91 Å². The fourth-order valence-electron chi connectivity index (χ4n) is 2.46. The van der Waals surface area contributed by atoms with Crippen molar-refractivity contribution in [2.24, 2.45) is 0 Å². The van der Waals surface area contributed by atoms with Crippen molar-refractivity contribution in [2.45, 2.75) is 6.18 Å². The summed E-state index contributed by atoms with van der Waals surface area (Å²) in [5.41, 5.74) is -0.366. The van der Waals surface area contributed by atoms with Crippen molar-refractivity contribution in [3.63, 3.8) is 0 Å². The van der Waals surface area contributed by atoms with Crippen LogP contribution < -0.4 is 5.32 Å². The van der Waals surface area contributed by atoms with Gasteiger partial charge in [-0.15, -0.1) is 0 Å². The van der Waals surface area contributed by atoms with E-state index in [4.69, 9.17) is 11.6 Å². The van der Waals surface area contributed by atoms with E-state index < -0.39 is 35.3 Å². The number of rotatable bonds is 4. The topological polar surface area (TPSA) is 66.5 Å². The van der Waals surface area contributed by atoms with Crippen LogP contribution in [0.3, 0.4) is 0 Å². The monoisotopic (exact) mass is 440 g/mol. The van der Waals surface area contributed by atoms with E-state index in [1.54, 1.807) is 24.3 Å². The van der Waals surface area contributed by atoms with E-state index in [1.807, 2.05) is 0 Å². The highest BCUT2D eigenvalue weighted by Crippen LogP contribution is 2.33. The maximum absolute atomic E-state index is 12.8. The van der Waals surface area contributed by atoms with Crippen molar-refractivity contribution in [3.05, 3.63) is 69.6 Å². The lowest BCUT2D eigenvalue weighted by Gasteiger charge is -2.13. The maximum atomic E-state index is 12.8. The second kappa shape index (κ2) is 8.30. The number of thioether (sulfide) groups is 1. The SMILES string of the molecule is O=C(CN1C(=O)S/C(=C/c2ccc(Cl)cc2)C1=O)Nc1cccc(C(F)(F)F)c1.